The molecule has 0 spiro atoms. The molecule has 0 amide bonds. The summed E-state index contributed by atoms with van der Waals surface area (Å²) >= 11 is 0. The number of benzene rings is 4. The zero-order valence-corrected chi connectivity index (χ0v) is 27.1. The van der Waals surface area contributed by atoms with E-state index in [4.69, 9.17) is 5.73 Å². The number of nitrogens with zero attached hydrogens (tertiary/aromatic N) is 2. The fourth-order valence-electron chi connectivity index (χ4n) is 6.72. The standard InChI is InChI=1S/C41H29F6N3/c1-3-4-25(19-48)39-31-12-11-30(34(20-49)21(2)50)32-13-23(26-15-35(42)40(46)36(43)16-26)6-5-22(32)7-9-28(31)29-10-8-24(14-33(29)39)27-17-37(44)41(47)38(45)18-27/h5-6,8-10,12-18,21H,3-4,7,11,50H2,1-2H3/b28-9-,31-12?,34-30+,39-25-. The maximum absolute atomic E-state index is 14.2. The van der Waals surface area contributed by atoms with Crippen molar-refractivity contribution < 1.29 is 26.3 Å². The summed E-state index contributed by atoms with van der Waals surface area (Å²) in [5, 5.41) is 20.6. The van der Waals surface area contributed by atoms with Gasteiger partial charge in [0, 0.05) is 17.2 Å². The van der Waals surface area contributed by atoms with Crippen molar-refractivity contribution in [2.45, 2.75) is 45.6 Å². The van der Waals surface area contributed by atoms with Crippen LogP contribution >= 0.6 is 0 Å². The quantitative estimate of drug-likeness (QED) is 0.130. The van der Waals surface area contributed by atoms with Crippen molar-refractivity contribution in [3.05, 3.63) is 147 Å². The third-order valence-electron chi connectivity index (χ3n) is 9.08. The number of hydrogen-bond acceptors (Lipinski definition) is 3. The van der Waals surface area contributed by atoms with Crippen molar-refractivity contribution in [1.82, 2.24) is 0 Å². The maximum atomic E-state index is 14.2. The van der Waals surface area contributed by atoms with E-state index in [1.54, 1.807) is 43.3 Å². The number of halogens is 6. The maximum Gasteiger partial charge on any atom is 0.194 e. The molecule has 0 heterocycles. The van der Waals surface area contributed by atoms with Crippen LogP contribution in [0.3, 0.4) is 0 Å². The molecular weight excluding hydrogens is 648 g/mol. The van der Waals surface area contributed by atoms with E-state index in [2.05, 4.69) is 12.1 Å². The molecular formula is C41H29F6N3. The normalized spacial score (nSPS) is 17.3. The van der Waals surface area contributed by atoms with Crippen LogP contribution < -0.4 is 5.73 Å². The van der Waals surface area contributed by atoms with Gasteiger partial charge >= 0.3 is 0 Å². The monoisotopic (exact) mass is 677 g/mol. The van der Waals surface area contributed by atoms with Crippen LogP contribution in [0.4, 0.5) is 26.3 Å². The Morgan fingerprint density at radius 2 is 1.22 bits per heavy atom. The Morgan fingerprint density at radius 1 is 0.680 bits per heavy atom. The van der Waals surface area contributed by atoms with Gasteiger partial charge in [0.25, 0.3) is 0 Å². The second kappa shape index (κ2) is 13.7. The van der Waals surface area contributed by atoms with Crippen LogP contribution in [0.25, 0.3) is 39.0 Å². The molecule has 0 fully saturated rings. The van der Waals surface area contributed by atoms with Gasteiger partial charge in [0.15, 0.2) is 34.9 Å². The first-order valence-electron chi connectivity index (χ1n) is 16.0. The predicted molar refractivity (Wildman–Crippen MR) is 182 cm³/mol. The van der Waals surface area contributed by atoms with Gasteiger partial charge in [-0.2, -0.15) is 10.5 Å². The molecule has 0 bridgehead atoms. The van der Waals surface area contributed by atoms with E-state index in [0.717, 1.165) is 46.5 Å². The minimum Gasteiger partial charge on any atom is -0.324 e. The predicted octanol–water partition coefficient (Wildman–Crippen LogP) is 10.5. The summed E-state index contributed by atoms with van der Waals surface area (Å²) in [5.41, 5.74) is 13.8. The number of allylic oxidation sites excluding steroid dienone is 7. The van der Waals surface area contributed by atoms with Gasteiger partial charge < -0.3 is 5.73 Å². The summed E-state index contributed by atoms with van der Waals surface area (Å²) in [4.78, 5) is 0. The molecule has 50 heavy (non-hydrogen) atoms. The highest BCUT2D eigenvalue weighted by Gasteiger charge is 2.31. The highest BCUT2D eigenvalue weighted by Crippen LogP contribution is 2.50. The van der Waals surface area contributed by atoms with E-state index < -0.39 is 40.9 Å². The molecule has 250 valence electrons. The van der Waals surface area contributed by atoms with Gasteiger partial charge in [0.2, 0.25) is 0 Å². The Labute approximate surface area is 285 Å². The molecule has 4 aromatic carbocycles. The SMILES string of the molecule is CCC/C(C#N)=C1\C2=CC/C(=C(/C#N)C(C)N)c3cc(-c4cc(F)c(F)c(F)c4)ccc3C/C=C\2c2ccc(-c3cc(F)c(F)c(F)c3)cc21. The molecule has 0 saturated heterocycles. The molecule has 2 aliphatic carbocycles. The molecule has 6 rings (SSSR count). The summed E-state index contributed by atoms with van der Waals surface area (Å²) in [7, 11) is 0. The van der Waals surface area contributed by atoms with Crippen LogP contribution in [0, 0.1) is 57.6 Å². The van der Waals surface area contributed by atoms with Crippen LogP contribution in [0.1, 0.15) is 55.4 Å². The Hall–Kier alpha value is -5.64. The Balaban J connectivity index is 1.59. The molecule has 4 aromatic rings. The molecule has 0 aromatic heterocycles. The van der Waals surface area contributed by atoms with Crippen molar-refractivity contribution in [3.8, 4) is 34.4 Å². The van der Waals surface area contributed by atoms with Crippen LogP contribution in [0.5, 0.6) is 0 Å². The van der Waals surface area contributed by atoms with E-state index in [-0.39, 0.29) is 23.1 Å². The third-order valence-corrected chi connectivity index (χ3v) is 9.08. The van der Waals surface area contributed by atoms with Gasteiger partial charge in [-0.3, -0.25) is 0 Å². The lowest BCUT2D eigenvalue weighted by atomic mass is 9.87. The average Bonchev–Trinajstić information content (AvgIpc) is 3.43. The van der Waals surface area contributed by atoms with Gasteiger partial charge in [-0.15, -0.1) is 0 Å². The summed E-state index contributed by atoms with van der Waals surface area (Å²) in [6.45, 7) is 3.62. The molecule has 0 radical (unpaired) electrons. The van der Waals surface area contributed by atoms with Crippen molar-refractivity contribution in [1.29, 1.82) is 10.5 Å². The smallest absolute Gasteiger partial charge is 0.194 e. The number of fused-ring (bicyclic) bond motifs is 4. The molecule has 2 aliphatic rings. The van der Waals surface area contributed by atoms with Gasteiger partial charge in [0.1, 0.15) is 0 Å². The first-order valence-corrected chi connectivity index (χ1v) is 16.0. The van der Waals surface area contributed by atoms with Crippen molar-refractivity contribution in [2.75, 3.05) is 0 Å². The van der Waals surface area contributed by atoms with Gasteiger partial charge in [-0.25, -0.2) is 26.3 Å². The number of rotatable bonds is 5. The van der Waals surface area contributed by atoms with Gasteiger partial charge in [-0.05, 0) is 124 Å². The van der Waals surface area contributed by atoms with Crippen molar-refractivity contribution >= 4 is 16.7 Å². The second-order valence-corrected chi connectivity index (χ2v) is 12.3. The molecule has 2 N–H and O–H groups in total. The third kappa shape index (κ3) is 6.06. The van der Waals surface area contributed by atoms with Gasteiger partial charge in [-0.1, -0.05) is 49.8 Å². The summed E-state index contributed by atoms with van der Waals surface area (Å²) in [6, 6.07) is 18.0. The van der Waals surface area contributed by atoms with E-state index in [9.17, 15) is 36.9 Å². The summed E-state index contributed by atoms with van der Waals surface area (Å²) < 4.78 is 84.6. The van der Waals surface area contributed by atoms with Crippen molar-refractivity contribution in [3.63, 3.8) is 0 Å². The molecule has 1 atom stereocenters. The van der Waals surface area contributed by atoms with E-state index in [1.807, 2.05) is 19.1 Å². The fraction of sp³-hybridized carbons (Fsp3) is 0.171. The zero-order chi connectivity index (χ0) is 35.9. The number of nitrogens with two attached hydrogens (primary N) is 1. The minimum atomic E-state index is -1.57. The largest absolute Gasteiger partial charge is 0.324 e. The van der Waals surface area contributed by atoms with Crippen LogP contribution in [0.15, 0.2) is 89.5 Å². The van der Waals surface area contributed by atoms with E-state index in [1.165, 1.54) is 0 Å². The first kappa shape index (κ1) is 34.2. The highest BCUT2D eigenvalue weighted by atomic mass is 19.2. The fourth-order valence-corrected chi connectivity index (χ4v) is 6.72. The minimum absolute atomic E-state index is 0.116. The topological polar surface area (TPSA) is 73.6 Å². The second-order valence-electron chi connectivity index (χ2n) is 12.3. The van der Waals surface area contributed by atoms with Crippen LogP contribution in [-0.4, -0.2) is 6.04 Å². The first-order chi connectivity index (χ1) is 24.0. The number of nitriles is 2. The Bertz CT molecular complexity index is 2250. The Morgan fingerprint density at radius 3 is 1.74 bits per heavy atom. The lowest BCUT2D eigenvalue weighted by Crippen LogP contribution is -2.18. The van der Waals surface area contributed by atoms with Crippen LogP contribution in [-0.2, 0) is 6.42 Å². The molecule has 3 nitrogen and oxygen atoms in total. The highest BCUT2D eigenvalue weighted by molar-refractivity contribution is 6.10. The average molecular weight is 678 g/mol. The molecule has 1 unspecified atom stereocenters. The molecule has 9 heteroatoms. The van der Waals surface area contributed by atoms with Gasteiger partial charge in [0.05, 0.1) is 17.7 Å². The lowest BCUT2D eigenvalue weighted by molar-refractivity contribution is 0.447. The lowest BCUT2D eigenvalue weighted by Gasteiger charge is -2.17. The molecule has 0 saturated carbocycles. The molecule has 0 aliphatic heterocycles. The van der Waals surface area contributed by atoms with Crippen LogP contribution in [0.2, 0.25) is 0 Å². The van der Waals surface area contributed by atoms with E-state index in [0.29, 0.717) is 58.2 Å². The summed E-state index contributed by atoms with van der Waals surface area (Å²) in [5.74, 6) is -8.43. The zero-order valence-electron chi connectivity index (χ0n) is 27.1. The number of hydrogen-bond donors (Lipinski definition) is 1. The van der Waals surface area contributed by atoms with E-state index >= 15 is 0 Å². The summed E-state index contributed by atoms with van der Waals surface area (Å²) in [6.07, 6.45) is 5.54. The Kier molecular flexibility index (Phi) is 9.38. The van der Waals surface area contributed by atoms with Crippen molar-refractivity contribution in [2.24, 2.45) is 5.73 Å².